The van der Waals surface area contributed by atoms with E-state index >= 15 is 0 Å². The molecule has 0 fully saturated rings. The summed E-state index contributed by atoms with van der Waals surface area (Å²) >= 11 is 0. The molecule has 0 aliphatic carbocycles. The fourth-order valence-corrected chi connectivity index (χ4v) is 0.626. The van der Waals surface area contributed by atoms with Gasteiger partial charge in [-0.15, -0.1) is 0 Å². The molecule has 0 unspecified atom stereocenters. The SMILES string of the molecule is CC(=O)O.[CH2-]c1ccc(OC)cc1.[Pd]. The first-order chi connectivity index (χ1) is 6.06. The number of rotatable bonds is 1. The van der Waals surface area contributed by atoms with Gasteiger partial charge in [0, 0.05) is 27.3 Å². The van der Waals surface area contributed by atoms with Gasteiger partial charge >= 0.3 is 0 Å². The minimum Gasteiger partial charge on any atom is -0.499 e. The summed E-state index contributed by atoms with van der Waals surface area (Å²) in [5.41, 5.74) is 1.01. The fourth-order valence-electron chi connectivity index (χ4n) is 0.626. The summed E-state index contributed by atoms with van der Waals surface area (Å²) in [5.74, 6) is 0.0439. The van der Waals surface area contributed by atoms with Crippen LogP contribution in [0.4, 0.5) is 0 Å². The molecule has 0 bridgehead atoms. The third-order valence-corrected chi connectivity index (χ3v) is 1.16. The average molecular weight is 288 g/mol. The van der Waals surface area contributed by atoms with Gasteiger partial charge in [-0.05, 0) is 0 Å². The minimum absolute atomic E-state index is 0. The van der Waals surface area contributed by atoms with Crippen molar-refractivity contribution in [3.05, 3.63) is 36.8 Å². The van der Waals surface area contributed by atoms with Gasteiger partial charge in [0.15, 0.2) is 0 Å². The first-order valence-electron chi connectivity index (χ1n) is 3.72. The summed E-state index contributed by atoms with van der Waals surface area (Å²) in [6.45, 7) is 4.82. The maximum Gasteiger partial charge on any atom is 0.300 e. The molecule has 1 aromatic carbocycles. The minimum atomic E-state index is -0.833. The van der Waals surface area contributed by atoms with Crippen LogP contribution in [0.15, 0.2) is 24.3 Å². The summed E-state index contributed by atoms with van der Waals surface area (Å²) in [5, 5.41) is 7.42. The Morgan fingerprint density at radius 3 is 2.00 bits per heavy atom. The molecule has 3 nitrogen and oxygen atoms in total. The number of carbonyl (C=O) groups is 1. The van der Waals surface area contributed by atoms with Crippen LogP contribution in [0.2, 0.25) is 0 Å². The van der Waals surface area contributed by atoms with Crippen LogP contribution in [0.25, 0.3) is 0 Å². The van der Waals surface area contributed by atoms with E-state index in [1.807, 2.05) is 24.3 Å². The van der Waals surface area contributed by atoms with E-state index in [-0.39, 0.29) is 20.4 Å². The first kappa shape index (κ1) is 15.5. The molecule has 14 heavy (non-hydrogen) atoms. The monoisotopic (exact) mass is 287 g/mol. The van der Waals surface area contributed by atoms with Crippen molar-refractivity contribution in [3.8, 4) is 5.75 Å². The van der Waals surface area contributed by atoms with Crippen molar-refractivity contribution < 1.29 is 35.1 Å². The zero-order valence-electron chi connectivity index (χ0n) is 8.10. The molecule has 0 aliphatic rings. The van der Waals surface area contributed by atoms with Crippen LogP contribution < -0.4 is 4.74 Å². The number of ether oxygens (including phenoxy) is 1. The van der Waals surface area contributed by atoms with Crippen molar-refractivity contribution in [2.24, 2.45) is 0 Å². The van der Waals surface area contributed by atoms with Gasteiger partial charge in [-0.1, -0.05) is 12.1 Å². The Kier molecular flexibility index (Phi) is 9.53. The molecular formula is C10H13O3Pd-. The van der Waals surface area contributed by atoms with Crippen molar-refractivity contribution >= 4 is 5.97 Å². The molecule has 4 heteroatoms. The van der Waals surface area contributed by atoms with E-state index < -0.39 is 5.97 Å². The summed E-state index contributed by atoms with van der Waals surface area (Å²) in [4.78, 5) is 9.00. The van der Waals surface area contributed by atoms with Crippen LogP contribution in [-0.4, -0.2) is 18.2 Å². The number of carboxylic acid groups (broad SMARTS) is 1. The number of carboxylic acids is 1. The topological polar surface area (TPSA) is 46.5 Å². The Hall–Kier alpha value is -0.978. The van der Waals surface area contributed by atoms with Crippen LogP contribution >= 0.6 is 0 Å². The van der Waals surface area contributed by atoms with E-state index in [0.717, 1.165) is 18.2 Å². The summed E-state index contributed by atoms with van der Waals surface area (Å²) in [6, 6.07) is 7.61. The second kappa shape index (κ2) is 8.61. The van der Waals surface area contributed by atoms with Crippen molar-refractivity contribution in [1.82, 2.24) is 0 Å². The van der Waals surface area contributed by atoms with Gasteiger partial charge in [-0.2, -0.15) is 24.6 Å². The molecule has 0 atom stereocenters. The van der Waals surface area contributed by atoms with Crippen molar-refractivity contribution in [1.29, 1.82) is 0 Å². The van der Waals surface area contributed by atoms with Crippen molar-refractivity contribution in [2.45, 2.75) is 6.92 Å². The summed E-state index contributed by atoms with van der Waals surface area (Å²) in [7, 11) is 1.65. The van der Waals surface area contributed by atoms with Gasteiger partial charge < -0.3 is 9.84 Å². The van der Waals surface area contributed by atoms with Gasteiger partial charge in [0.25, 0.3) is 5.97 Å². The van der Waals surface area contributed by atoms with Gasteiger partial charge in [-0.25, -0.2) is 0 Å². The normalized spacial score (nSPS) is 7.57. The van der Waals surface area contributed by atoms with E-state index in [9.17, 15) is 0 Å². The van der Waals surface area contributed by atoms with Gasteiger partial charge in [-0.3, -0.25) is 4.79 Å². The molecule has 0 radical (unpaired) electrons. The third-order valence-electron chi connectivity index (χ3n) is 1.16. The van der Waals surface area contributed by atoms with E-state index in [4.69, 9.17) is 14.6 Å². The van der Waals surface area contributed by atoms with Crippen molar-refractivity contribution in [3.63, 3.8) is 0 Å². The van der Waals surface area contributed by atoms with Crippen LogP contribution in [0.3, 0.4) is 0 Å². The van der Waals surface area contributed by atoms with E-state index in [1.165, 1.54) is 0 Å². The second-order valence-electron chi connectivity index (χ2n) is 2.37. The Bertz CT molecular complexity index is 253. The Balaban J connectivity index is 0. The molecule has 1 N–H and O–H groups in total. The summed E-state index contributed by atoms with van der Waals surface area (Å²) < 4.78 is 4.94. The zero-order chi connectivity index (χ0) is 10.3. The molecule has 82 valence electrons. The number of hydrogen-bond donors (Lipinski definition) is 1. The third kappa shape index (κ3) is 9.11. The molecular weight excluding hydrogens is 275 g/mol. The summed E-state index contributed by atoms with van der Waals surface area (Å²) in [6.07, 6.45) is 0. The smallest absolute Gasteiger partial charge is 0.300 e. The van der Waals surface area contributed by atoms with Gasteiger partial charge in [0.05, 0.1) is 12.9 Å². The molecule has 1 aromatic rings. The molecule has 0 saturated heterocycles. The number of hydrogen-bond acceptors (Lipinski definition) is 2. The first-order valence-corrected chi connectivity index (χ1v) is 3.72. The maximum atomic E-state index is 9.00. The zero-order valence-corrected chi connectivity index (χ0v) is 9.65. The van der Waals surface area contributed by atoms with E-state index in [0.29, 0.717) is 0 Å². The fraction of sp³-hybridized carbons (Fsp3) is 0.200. The molecule has 0 heterocycles. The maximum absolute atomic E-state index is 9.00. The predicted octanol–water partition coefficient (Wildman–Crippen LogP) is 1.97. The average Bonchev–Trinajstić information content (AvgIpc) is 2.05. The quantitative estimate of drug-likeness (QED) is 0.634. The number of methoxy groups -OCH3 is 1. The predicted molar refractivity (Wildman–Crippen MR) is 50.8 cm³/mol. The second-order valence-corrected chi connectivity index (χ2v) is 2.37. The Labute approximate surface area is 97.7 Å². The van der Waals surface area contributed by atoms with E-state index in [1.54, 1.807) is 7.11 Å². The van der Waals surface area contributed by atoms with Crippen LogP contribution in [0, 0.1) is 6.92 Å². The van der Waals surface area contributed by atoms with Gasteiger partial charge in [0.1, 0.15) is 0 Å². The Morgan fingerprint density at radius 1 is 1.36 bits per heavy atom. The molecule has 0 aromatic heterocycles. The number of benzene rings is 1. The van der Waals surface area contributed by atoms with Crippen LogP contribution in [-0.2, 0) is 25.2 Å². The molecule has 0 spiro atoms. The number of aliphatic carboxylic acids is 1. The molecule has 0 amide bonds. The van der Waals surface area contributed by atoms with E-state index in [2.05, 4.69) is 6.92 Å². The van der Waals surface area contributed by atoms with Gasteiger partial charge in [0.2, 0.25) is 0 Å². The van der Waals surface area contributed by atoms with Crippen molar-refractivity contribution in [2.75, 3.05) is 7.11 Å². The molecule has 0 aliphatic heterocycles. The molecule has 0 saturated carbocycles. The van der Waals surface area contributed by atoms with Crippen LogP contribution in [0.5, 0.6) is 5.75 Å². The molecule has 1 rings (SSSR count). The largest absolute Gasteiger partial charge is 0.499 e. The standard InChI is InChI=1S/C8H9O.C2H4O2.Pd/c1-7-3-5-8(9-2)6-4-7;1-2(3)4;/h3-6H,1H2,2H3;1H3,(H,3,4);/q-1;;. The van der Waals surface area contributed by atoms with Crippen LogP contribution in [0.1, 0.15) is 12.5 Å². The Morgan fingerprint density at radius 2 is 1.71 bits per heavy atom.